The second-order valence-electron chi connectivity index (χ2n) is 10.9. The number of rotatable bonds is 8. The molecule has 2 aliphatic rings. The highest BCUT2D eigenvalue weighted by atomic mass is 35.5. The zero-order valence-corrected chi connectivity index (χ0v) is 25.9. The Labute approximate surface area is 264 Å². The van der Waals surface area contributed by atoms with Gasteiger partial charge < -0.3 is 20.1 Å². The third kappa shape index (κ3) is 6.08. The molecule has 2 saturated heterocycles. The molecule has 3 aromatic rings. The Balaban J connectivity index is 1.39. The number of likely N-dealkylation sites (tertiary alicyclic amines) is 1. The number of hydrogen-bond acceptors (Lipinski definition) is 7. The van der Waals surface area contributed by atoms with Gasteiger partial charge in [0.1, 0.15) is 5.92 Å². The Morgan fingerprint density at radius 2 is 1.68 bits per heavy atom. The molecular weight excluding hydrogens is 609 g/mol. The van der Waals surface area contributed by atoms with Gasteiger partial charge in [-0.25, -0.2) is 9.78 Å². The highest BCUT2D eigenvalue weighted by Crippen LogP contribution is 2.41. The van der Waals surface area contributed by atoms with E-state index in [1.54, 1.807) is 24.3 Å². The van der Waals surface area contributed by atoms with Crippen molar-refractivity contribution in [1.82, 2.24) is 19.7 Å². The molecule has 5 rings (SSSR count). The number of carbonyl (C=O) groups is 4. The Morgan fingerprint density at radius 3 is 2.36 bits per heavy atom. The maximum absolute atomic E-state index is 13.1. The Bertz CT molecular complexity index is 1650. The normalized spacial score (nSPS) is 18.9. The highest BCUT2D eigenvalue weighted by Gasteiger charge is 2.39. The van der Waals surface area contributed by atoms with E-state index in [9.17, 15) is 24.3 Å². The fourth-order valence-electron chi connectivity index (χ4n) is 5.54. The van der Waals surface area contributed by atoms with E-state index in [0.29, 0.717) is 65.0 Å². The lowest BCUT2D eigenvalue weighted by Gasteiger charge is -2.33. The summed E-state index contributed by atoms with van der Waals surface area (Å²) in [6.07, 6.45) is 0.605. The number of pyridine rings is 1. The molecule has 0 spiro atoms. The zero-order chi connectivity index (χ0) is 31.7. The summed E-state index contributed by atoms with van der Waals surface area (Å²) in [4.78, 5) is 58.1. The van der Waals surface area contributed by atoms with Crippen LogP contribution in [0.25, 0.3) is 22.4 Å². The summed E-state index contributed by atoms with van der Waals surface area (Å²) in [6.45, 7) is 1.62. The topological polar surface area (TPSA) is 132 Å². The smallest absolute Gasteiger partial charge is 0.326 e. The SMILES string of the molecule is COc1nc(-c2cccc(-c3cccc(NC(=O)C4CN(C)C(=O)N(C)C4=O)c3Cl)c2Cl)ccc1CN1CC[C@@H](C(=O)O)C1. The van der Waals surface area contributed by atoms with Gasteiger partial charge in [0.25, 0.3) is 0 Å². The van der Waals surface area contributed by atoms with E-state index in [1.165, 1.54) is 26.1 Å². The molecule has 1 aromatic heterocycles. The fraction of sp³-hybridized carbons (Fsp3) is 0.323. The number of carboxylic acids is 1. The number of anilines is 1. The minimum Gasteiger partial charge on any atom is -0.481 e. The van der Waals surface area contributed by atoms with Crippen molar-refractivity contribution < 1.29 is 29.0 Å². The molecule has 3 heterocycles. The largest absolute Gasteiger partial charge is 0.481 e. The predicted molar refractivity (Wildman–Crippen MR) is 166 cm³/mol. The molecule has 0 saturated carbocycles. The van der Waals surface area contributed by atoms with E-state index >= 15 is 0 Å². The number of methoxy groups -OCH3 is 1. The third-order valence-corrected chi connectivity index (χ3v) is 8.80. The number of benzene rings is 2. The van der Waals surface area contributed by atoms with Gasteiger partial charge in [-0.05, 0) is 25.1 Å². The van der Waals surface area contributed by atoms with Crippen molar-refractivity contribution in [2.75, 3.05) is 46.2 Å². The van der Waals surface area contributed by atoms with Crippen molar-refractivity contribution in [3.8, 4) is 28.3 Å². The summed E-state index contributed by atoms with van der Waals surface area (Å²) in [7, 11) is 4.40. The van der Waals surface area contributed by atoms with Gasteiger partial charge in [-0.3, -0.25) is 24.2 Å². The van der Waals surface area contributed by atoms with Crippen LogP contribution in [0.2, 0.25) is 10.0 Å². The number of aliphatic carboxylic acids is 1. The lowest BCUT2D eigenvalue weighted by atomic mass is 9.99. The number of carboxylic acid groups (broad SMARTS) is 1. The number of hydrogen-bond donors (Lipinski definition) is 2. The van der Waals surface area contributed by atoms with E-state index < -0.39 is 29.7 Å². The lowest BCUT2D eigenvalue weighted by Crippen LogP contribution is -2.56. The minimum absolute atomic E-state index is 0.0465. The van der Waals surface area contributed by atoms with Gasteiger partial charge in [-0.1, -0.05) is 59.6 Å². The molecule has 0 radical (unpaired) electrons. The van der Waals surface area contributed by atoms with Gasteiger partial charge in [0, 0.05) is 56.0 Å². The minimum atomic E-state index is -1.08. The van der Waals surface area contributed by atoms with Crippen LogP contribution in [0.15, 0.2) is 48.5 Å². The summed E-state index contributed by atoms with van der Waals surface area (Å²) in [5.41, 5.74) is 3.49. The summed E-state index contributed by atoms with van der Waals surface area (Å²) in [5.74, 6) is -3.00. The van der Waals surface area contributed by atoms with Gasteiger partial charge in [-0.2, -0.15) is 0 Å². The molecule has 11 nitrogen and oxygen atoms in total. The van der Waals surface area contributed by atoms with E-state index in [1.807, 2.05) is 24.3 Å². The Kier molecular flexibility index (Phi) is 9.10. The third-order valence-electron chi connectivity index (χ3n) is 7.98. The van der Waals surface area contributed by atoms with Crippen LogP contribution in [-0.4, -0.2) is 89.4 Å². The zero-order valence-electron chi connectivity index (χ0n) is 24.3. The van der Waals surface area contributed by atoms with Crippen molar-refractivity contribution in [3.05, 3.63) is 64.1 Å². The Morgan fingerprint density at radius 1 is 1.00 bits per heavy atom. The van der Waals surface area contributed by atoms with Crippen molar-refractivity contribution in [1.29, 1.82) is 0 Å². The molecule has 2 fully saturated rings. The molecule has 1 unspecified atom stereocenters. The number of amides is 4. The van der Waals surface area contributed by atoms with Crippen molar-refractivity contribution >= 4 is 52.7 Å². The van der Waals surface area contributed by atoms with Crippen molar-refractivity contribution in [2.45, 2.75) is 13.0 Å². The van der Waals surface area contributed by atoms with Gasteiger partial charge in [0.05, 0.1) is 34.5 Å². The standard InChI is InChI=1S/C31H31Cl2N5O6/c1-36-16-22(29(40)37(2)31(36)43)27(39)34-24-9-5-7-20(26(24)33)19-6-4-8-21(25(19)32)23-11-10-17(28(35-23)44-3)14-38-13-12-18(15-38)30(41)42/h4-11,18,22H,12-16H2,1-3H3,(H,34,39)(H,41,42)/t18-,22?/m1/s1. The van der Waals surface area contributed by atoms with E-state index in [2.05, 4.69) is 10.2 Å². The van der Waals surface area contributed by atoms with Gasteiger partial charge >= 0.3 is 12.0 Å². The lowest BCUT2D eigenvalue weighted by molar-refractivity contribution is -0.142. The maximum Gasteiger partial charge on any atom is 0.326 e. The van der Waals surface area contributed by atoms with Crippen LogP contribution in [-0.2, 0) is 20.9 Å². The first kappa shape index (κ1) is 31.2. The molecule has 0 bridgehead atoms. The van der Waals surface area contributed by atoms with Crippen LogP contribution in [0.5, 0.6) is 5.88 Å². The number of halogens is 2. The number of aromatic nitrogens is 1. The second-order valence-corrected chi connectivity index (χ2v) is 11.6. The maximum atomic E-state index is 13.1. The molecule has 2 aromatic carbocycles. The molecule has 13 heteroatoms. The second kappa shape index (κ2) is 12.8. The van der Waals surface area contributed by atoms with Crippen molar-refractivity contribution in [3.63, 3.8) is 0 Å². The van der Waals surface area contributed by atoms with E-state index in [-0.39, 0.29) is 17.5 Å². The number of urea groups is 1. The molecular formula is C31H31Cl2N5O6. The number of nitrogens with zero attached hydrogens (tertiary/aromatic N) is 4. The molecule has 4 amide bonds. The monoisotopic (exact) mass is 639 g/mol. The molecule has 2 aliphatic heterocycles. The van der Waals surface area contributed by atoms with Crippen LogP contribution in [0, 0.1) is 11.8 Å². The molecule has 2 N–H and O–H groups in total. The molecule has 230 valence electrons. The number of ether oxygens (including phenoxy) is 1. The Hall–Kier alpha value is -4.19. The summed E-state index contributed by atoms with van der Waals surface area (Å²) in [5, 5.41) is 12.7. The number of imide groups is 1. The molecule has 44 heavy (non-hydrogen) atoms. The van der Waals surface area contributed by atoms with Gasteiger partial charge in [0.15, 0.2) is 0 Å². The van der Waals surface area contributed by atoms with E-state index in [0.717, 1.165) is 10.5 Å². The van der Waals surface area contributed by atoms with Gasteiger partial charge in [-0.15, -0.1) is 0 Å². The molecule has 2 atom stereocenters. The molecule has 0 aliphatic carbocycles. The van der Waals surface area contributed by atoms with Crippen LogP contribution in [0.3, 0.4) is 0 Å². The van der Waals surface area contributed by atoms with E-state index in [4.69, 9.17) is 32.9 Å². The first-order valence-corrected chi connectivity index (χ1v) is 14.7. The van der Waals surface area contributed by atoms with Crippen LogP contribution in [0.4, 0.5) is 10.5 Å². The average Bonchev–Trinajstić information content (AvgIpc) is 3.48. The van der Waals surface area contributed by atoms with Crippen molar-refractivity contribution in [2.24, 2.45) is 11.8 Å². The quantitative estimate of drug-likeness (QED) is 0.339. The fourth-order valence-corrected chi connectivity index (χ4v) is 6.14. The van der Waals surface area contributed by atoms with Crippen LogP contribution < -0.4 is 10.1 Å². The first-order valence-electron chi connectivity index (χ1n) is 13.9. The number of nitrogens with one attached hydrogen (secondary N) is 1. The predicted octanol–water partition coefficient (Wildman–Crippen LogP) is 4.72. The average molecular weight is 641 g/mol. The number of carbonyl (C=O) groups excluding carboxylic acids is 3. The summed E-state index contributed by atoms with van der Waals surface area (Å²) in [6, 6.07) is 13.8. The van der Waals surface area contributed by atoms with Crippen LogP contribution >= 0.6 is 23.2 Å². The summed E-state index contributed by atoms with van der Waals surface area (Å²) < 4.78 is 5.59. The van der Waals surface area contributed by atoms with Crippen LogP contribution in [0.1, 0.15) is 12.0 Å². The first-order chi connectivity index (χ1) is 21.0. The summed E-state index contributed by atoms with van der Waals surface area (Å²) >= 11 is 13.7. The highest BCUT2D eigenvalue weighted by molar-refractivity contribution is 6.39. The van der Waals surface area contributed by atoms with Gasteiger partial charge in [0.2, 0.25) is 17.7 Å².